The number of carbonyl (C=O) groups is 1. The first-order chi connectivity index (χ1) is 8.72. The highest BCUT2D eigenvalue weighted by Crippen LogP contribution is 2.22. The molecule has 1 aromatic carbocycles. The molecular formula is C14H19BrN2O. The fourth-order valence-corrected chi connectivity index (χ4v) is 2.62. The van der Waals surface area contributed by atoms with Gasteiger partial charge in [0.1, 0.15) is 0 Å². The standard InChI is InChI=1S/C14H19BrN2O/c1-2-16-13-5-3-4-10-17(14(13)18)12-8-6-11(15)7-9-12/h6-9,13,16H,2-5,10H2,1H3. The lowest BCUT2D eigenvalue weighted by Gasteiger charge is -2.24. The van der Waals surface area contributed by atoms with Crippen molar-refractivity contribution in [1.82, 2.24) is 5.32 Å². The van der Waals surface area contributed by atoms with Crippen LogP contribution in [0.2, 0.25) is 0 Å². The van der Waals surface area contributed by atoms with E-state index in [1.165, 1.54) is 0 Å². The fourth-order valence-electron chi connectivity index (χ4n) is 2.35. The molecule has 18 heavy (non-hydrogen) atoms. The molecule has 4 heteroatoms. The summed E-state index contributed by atoms with van der Waals surface area (Å²) in [6, 6.07) is 7.93. The van der Waals surface area contributed by atoms with Crippen LogP contribution in [-0.2, 0) is 4.79 Å². The van der Waals surface area contributed by atoms with E-state index in [2.05, 4.69) is 21.2 Å². The van der Waals surface area contributed by atoms with E-state index in [-0.39, 0.29) is 11.9 Å². The van der Waals surface area contributed by atoms with Gasteiger partial charge in [-0.15, -0.1) is 0 Å². The minimum absolute atomic E-state index is 0.0267. The summed E-state index contributed by atoms with van der Waals surface area (Å²) in [5, 5.41) is 3.28. The van der Waals surface area contributed by atoms with Crippen LogP contribution in [0.15, 0.2) is 28.7 Å². The monoisotopic (exact) mass is 310 g/mol. The van der Waals surface area contributed by atoms with E-state index in [1.54, 1.807) is 0 Å². The number of hydrogen-bond donors (Lipinski definition) is 1. The smallest absolute Gasteiger partial charge is 0.244 e. The van der Waals surface area contributed by atoms with Crippen molar-refractivity contribution in [2.45, 2.75) is 32.2 Å². The predicted octanol–water partition coefficient (Wildman–Crippen LogP) is 2.94. The highest BCUT2D eigenvalue weighted by atomic mass is 79.9. The Morgan fingerprint density at radius 2 is 2.06 bits per heavy atom. The van der Waals surface area contributed by atoms with Crippen LogP contribution in [0.3, 0.4) is 0 Å². The average molecular weight is 311 g/mol. The number of anilines is 1. The van der Waals surface area contributed by atoms with Gasteiger partial charge in [-0.3, -0.25) is 4.79 Å². The van der Waals surface area contributed by atoms with Gasteiger partial charge in [-0.05, 0) is 50.1 Å². The molecule has 2 rings (SSSR count). The Labute approximate surface area is 117 Å². The maximum absolute atomic E-state index is 12.5. The molecule has 1 atom stereocenters. The zero-order valence-corrected chi connectivity index (χ0v) is 12.2. The van der Waals surface area contributed by atoms with Gasteiger partial charge in [-0.1, -0.05) is 22.9 Å². The molecular weight excluding hydrogens is 292 g/mol. The van der Waals surface area contributed by atoms with E-state index in [0.717, 1.165) is 42.5 Å². The Bertz CT molecular complexity index is 405. The van der Waals surface area contributed by atoms with Crippen LogP contribution in [-0.4, -0.2) is 25.0 Å². The van der Waals surface area contributed by atoms with Crippen molar-refractivity contribution in [3.05, 3.63) is 28.7 Å². The van der Waals surface area contributed by atoms with Crippen molar-refractivity contribution in [3.63, 3.8) is 0 Å². The van der Waals surface area contributed by atoms with Gasteiger partial charge in [-0.25, -0.2) is 0 Å². The van der Waals surface area contributed by atoms with Crippen LogP contribution in [0.5, 0.6) is 0 Å². The molecule has 98 valence electrons. The van der Waals surface area contributed by atoms with Crippen molar-refractivity contribution in [2.75, 3.05) is 18.0 Å². The van der Waals surface area contributed by atoms with Gasteiger partial charge < -0.3 is 10.2 Å². The SMILES string of the molecule is CCNC1CCCCN(c2ccc(Br)cc2)C1=O. The summed E-state index contributed by atoms with van der Waals surface area (Å²) in [7, 11) is 0. The predicted molar refractivity (Wildman–Crippen MR) is 77.8 cm³/mol. The van der Waals surface area contributed by atoms with Crippen LogP contribution < -0.4 is 10.2 Å². The summed E-state index contributed by atoms with van der Waals surface area (Å²) in [4.78, 5) is 14.4. The molecule has 0 spiro atoms. The minimum atomic E-state index is -0.0267. The number of nitrogens with zero attached hydrogens (tertiary/aromatic N) is 1. The Morgan fingerprint density at radius 1 is 1.33 bits per heavy atom. The van der Waals surface area contributed by atoms with Crippen molar-refractivity contribution in [2.24, 2.45) is 0 Å². The zero-order valence-electron chi connectivity index (χ0n) is 10.7. The van der Waals surface area contributed by atoms with Gasteiger partial charge in [0.2, 0.25) is 5.91 Å². The Kier molecular flexibility index (Phi) is 4.78. The number of amides is 1. The molecule has 0 bridgehead atoms. The lowest BCUT2D eigenvalue weighted by atomic mass is 10.1. The Balaban J connectivity index is 2.19. The lowest BCUT2D eigenvalue weighted by molar-refractivity contribution is -0.120. The molecule has 1 aliphatic rings. The third-order valence-corrected chi connectivity index (χ3v) is 3.81. The molecule has 1 aromatic rings. The summed E-state index contributed by atoms with van der Waals surface area (Å²) in [5.74, 6) is 0.205. The summed E-state index contributed by atoms with van der Waals surface area (Å²) in [5.41, 5.74) is 0.994. The molecule has 1 aliphatic heterocycles. The van der Waals surface area contributed by atoms with Crippen molar-refractivity contribution < 1.29 is 4.79 Å². The summed E-state index contributed by atoms with van der Waals surface area (Å²) in [6.07, 6.45) is 3.12. The number of likely N-dealkylation sites (N-methyl/N-ethyl adjacent to an activating group) is 1. The van der Waals surface area contributed by atoms with Crippen LogP contribution in [0.25, 0.3) is 0 Å². The van der Waals surface area contributed by atoms with Crippen LogP contribution in [0.1, 0.15) is 26.2 Å². The highest BCUT2D eigenvalue weighted by molar-refractivity contribution is 9.10. The molecule has 1 amide bonds. The van der Waals surface area contributed by atoms with Crippen LogP contribution >= 0.6 is 15.9 Å². The van der Waals surface area contributed by atoms with Gasteiger partial charge in [0.25, 0.3) is 0 Å². The van der Waals surface area contributed by atoms with Crippen molar-refractivity contribution in [3.8, 4) is 0 Å². The molecule has 0 saturated carbocycles. The third-order valence-electron chi connectivity index (χ3n) is 3.28. The molecule has 1 heterocycles. The summed E-state index contributed by atoms with van der Waals surface area (Å²) in [6.45, 7) is 3.70. The van der Waals surface area contributed by atoms with Gasteiger partial charge in [0.15, 0.2) is 0 Å². The molecule has 0 aliphatic carbocycles. The minimum Gasteiger partial charge on any atom is -0.311 e. The van der Waals surface area contributed by atoms with Crippen LogP contribution in [0, 0.1) is 0 Å². The van der Waals surface area contributed by atoms with E-state index in [1.807, 2.05) is 36.1 Å². The van der Waals surface area contributed by atoms with Crippen molar-refractivity contribution in [1.29, 1.82) is 0 Å². The van der Waals surface area contributed by atoms with Crippen molar-refractivity contribution >= 4 is 27.5 Å². The first-order valence-corrected chi connectivity index (χ1v) is 7.32. The Morgan fingerprint density at radius 3 is 2.72 bits per heavy atom. The molecule has 1 N–H and O–H groups in total. The van der Waals surface area contributed by atoms with E-state index in [9.17, 15) is 4.79 Å². The van der Waals surface area contributed by atoms with Gasteiger partial charge in [0.05, 0.1) is 6.04 Å². The molecule has 3 nitrogen and oxygen atoms in total. The normalized spacial score (nSPS) is 20.9. The maximum Gasteiger partial charge on any atom is 0.244 e. The van der Waals surface area contributed by atoms with Gasteiger partial charge in [-0.2, -0.15) is 0 Å². The third kappa shape index (κ3) is 3.12. The number of rotatable bonds is 3. The van der Waals surface area contributed by atoms with E-state index < -0.39 is 0 Å². The highest BCUT2D eigenvalue weighted by Gasteiger charge is 2.26. The largest absolute Gasteiger partial charge is 0.311 e. The number of benzene rings is 1. The second-order valence-electron chi connectivity index (χ2n) is 4.57. The van der Waals surface area contributed by atoms with Crippen LogP contribution in [0.4, 0.5) is 5.69 Å². The second-order valence-corrected chi connectivity index (χ2v) is 5.49. The van der Waals surface area contributed by atoms with E-state index in [0.29, 0.717) is 0 Å². The van der Waals surface area contributed by atoms with Gasteiger partial charge in [0, 0.05) is 16.7 Å². The topological polar surface area (TPSA) is 32.3 Å². The maximum atomic E-state index is 12.5. The zero-order chi connectivity index (χ0) is 13.0. The summed E-state index contributed by atoms with van der Waals surface area (Å²) < 4.78 is 1.04. The fraction of sp³-hybridized carbons (Fsp3) is 0.500. The van der Waals surface area contributed by atoms with E-state index >= 15 is 0 Å². The second kappa shape index (κ2) is 6.34. The number of halogens is 1. The first-order valence-electron chi connectivity index (χ1n) is 6.52. The van der Waals surface area contributed by atoms with E-state index in [4.69, 9.17) is 0 Å². The Hall–Kier alpha value is -0.870. The summed E-state index contributed by atoms with van der Waals surface area (Å²) >= 11 is 3.42. The number of nitrogens with one attached hydrogen (secondary N) is 1. The quantitative estimate of drug-likeness (QED) is 0.931. The molecule has 1 saturated heterocycles. The number of carbonyl (C=O) groups excluding carboxylic acids is 1. The molecule has 1 unspecified atom stereocenters. The molecule has 0 radical (unpaired) electrons. The number of hydrogen-bond acceptors (Lipinski definition) is 2. The van der Waals surface area contributed by atoms with Gasteiger partial charge >= 0.3 is 0 Å². The first kappa shape index (κ1) is 13.6. The lowest BCUT2D eigenvalue weighted by Crippen LogP contribution is -2.45. The molecule has 0 aromatic heterocycles. The average Bonchev–Trinajstić information content (AvgIpc) is 2.55. The molecule has 1 fully saturated rings.